The minimum Gasteiger partial charge on any atom is -0.378 e. The zero-order valence-corrected chi connectivity index (χ0v) is 16.3. The van der Waals surface area contributed by atoms with Gasteiger partial charge in [-0.1, -0.05) is 18.2 Å². The van der Waals surface area contributed by atoms with Crippen molar-refractivity contribution in [2.75, 3.05) is 19.0 Å². The number of amides is 1. The largest absolute Gasteiger partial charge is 0.378 e. The van der Waals surface area contributed by atoms with Gasteiger partial charge in [0.25, 0.3) is 5.91 Å². The summed E-state index contributed by atoms with van der Waals surface area (Å²) in [6, 6.07) is 19.6. The van der Waals surface area contributed by atoms with Crippen LogP contribution in [0.1, 0.15) is 15.9 Å². The summed E-state index contributed by atoms with van der Waals surface area (Å²) in [4.78, 5) is 14.8. The highest BCUT2D eigenvalue weighted by Crippen LogP contribution is 2.22. The van der Waals surface area contributed by atoms with E-state index in [4.69, 9.17) is 0 Å². The molecule has 1 heterocycles. The fraction of sp³-hybridized carbons (Fsp3) is 0.130. The number of carbonyl (C=O) groups excluding carboxylic acids is 1. The maximum absolute atomic E-state index is 13.2. The Kier molecular flexibility index (Phi) is 4.99. The normalized spacial score (nSPS) is 10.9. The Balaban J connectivity index is 1.56. The summed E-state index contributed by atoms with van der Waals surface area (Å²) >= 11 is 0. The van der Waals surface area contributed by atoms with Gasteiger partial charge >= 0.3 is 0 Å². The molecule has 0 aliphatic heterocycles. The molecule has 0 bridgehead atoms. The van der Waals surface area contributed by atoms with Crippen LogP contribution in [0.5, 0.6) is 0 Å². The van der Waals surface area contributed by atoms with Crippen LogP contribution in [-0.2, 0) is 6.54 Å². The van der Waals surface area contributed by atoms with E-state index in [2.05, 4.69) is 10.4 Å². The second-order valence-corrected chi connectivity index (χ2v) is 7.01. The molecule has 1 amide bonds. The molecule has 146 valence electrons. The molecule has 0 radical (unpaired) electrons. The zero-order chi connectivity index (χ0) is 20.4. The molecule has 0 saturated carbocycles. The number of nitrogens with one attached hydrogen (secondary N) is 1. The van der Waals surface area contributed by atoms with Crippen molar-refractivity contribution in [3.63, 3.8) is 0 Å². The molecule has 1 N–H and O–H groups in total. The SMILES string of the molecule is CN(C)c1ccc(CNC(=O)c2cccc3c2cnn3-c2ccc(F)cc2)cc1. The van der Waals surface area contributed by atoms with Crippen molar-refractivity contribution in [3.05, 3.63) is 89.9 Å². The van der Waals surface area contributed by atoms with Crippen LogP contribution in [-0.4, -0.2) is 29.8 Å². The number of fused-ring (bicyclic) bond motifs is 1. The Hall–Kier alpha value is -3.67. The minimum absolute atomic E-state index is 0.161. The minimum atomic E-state index is -0.302. The summed E-state index contributed by atoms with van der Waals surface area (Å²) in [7, 11) is 3.98. The fourth-order valence-corrected chi connectivity index (χ4v) is 3.23. The Morgan fingerprint density at radius 2 is 1.76 bits per heavy atom. The Morgan fingerprint density at radius 3 is 2.45 bits per heavy atom. The molecule has 4 aromatic rings. The van der Waals surface area contributed by atoms with Gasteiger partial charge in [0, 0.05) is 31.7 Å². The number of anilines is 1. The van der Waals surface area contributed by atoms with Crippen LogP contribution in [0.25, 0.3) is 16.6 Å². The number of hydrogen-bond donors (Lipinski definition) is 1. The van der Waals surface area contributed by atoms with Crippen LogP contribution in [0.4, 0.5) is 10.1 Å². The second kappa shape index (κ2) is 7.75. The van der Waals surface area contributed by atoms with Gasteiger partial charge < -0.3 is 10.2 Å². The number of benzene rings is 3. The number of rotatable bonds is 5. The van der Waals surface area contributed by atoms with Crippen LogP contribution in [0, 0.1) is 5.82 Å². The van der Waals surface area contributed by atoms with Crippen molar-refractivity contribution >= 4 is 22.5 Å². The van der Waals surface area contributed by atoms with E-state index < -0.39 is 0 Å². The molecule has 0 spiro atoms. The average Bonchev–Trinajstić information content (AvgIpc) is 3.17. The number of nitrogens with zero attached hydrogens (tertiary/aromatic N) is 3. The van der Waals surface area contributed by atoms with Crippen molar-refractivity contribution in [2.24, 2.45) is 0 Å². The van der Waals surface area contributed by atoms with Gasteiger partial charge in [-0.05, 0) is 54.1 Å². The van der Waals surface area contributed by atoms with Crippen LogP contribution < -0.4 is 10.2 Å². The van der Waals surface area contributed by atoms with Gasteiger partial charge in [-0.15, -0.1) is 0 Å². The van der Waals surface area contributed by atoms with Gasteiger partial charge in [-0.3, -0.25) is 4.79 Å². The van der Waals surface area contributed by atoms with Crippen molar-refractivity contribution in [1.29, 1.82) is 0 Å². The first-order valence-electron chi connectivity index (χ1n) is 9.30. The van der Waals surface area contributed by atoms with E-state index >= 15 is 0 Å². The highest BCUT2D eigenvalue weighted by atomic mass is 19.1. The molecule has 0 saturated heterocycles. The van der Waals surface area contributed by atoms with Crippen molar-refractivity contribution in [2.45, 2.75) is 6.54 Å². The maximum Gasteiger partial charge on any atom is 0.252 e. The van der Waals surface area contributed by atoms with Crippen LogP contribution in [0.15, 0.2) is 72.9 Å². The molecule has 0 atom stereocenters. The molecule has 29 heavy (non-hydrogen) atoms. The molecule has 3 aromatic carbocycles. The Morgan fingerprint density at radius 1 is 1.03 bits per heavy atom. The van der Waals surface area contributed by atoms with Gasteiger partial charge in [0.1, 0.15) is 5.82 Å². The standard InChI is InChI=1S/C23H21FN4O/c1-27(2)18-10-6-16(7-11-18)14-25-23(29)20-4-3-5-22-21(20)15-26-28(22)19-12-8-17(24)9-13-19/h3-13,15H,14H2,1-2H3,(H,25,29). The molecule has 5 nitrogen and oxygen atoms in total. The molecule has 0 fully saturated rings. The van der Waals surface area contributed by atoms with E-state index in [0.717, 1.165) is 27.8 Å². The Bertz CT molecular complexity index is 1150. The van der Waals surface area contributed by atoms with Crippen molar-refractivity contribution in [3.8, 4) is 5.69 Å². The van der Waals surface area contributed by atoms with Crippen LogP contribution >= 0.6 is 0 Å². The molecule has 6 heteroatoms. The molecule has 4 rings (SSSR count). The Labute approximate surface area is 168 Å². The molecule has 0 unspecified atom stereocenters. The summed E-state index contributed by atoms with van der Waals surface area (Å²) < 4.78 is 14.9. The van der Waals surface area contributed by atoms with Gasteiger partial charge in [0.2, 0.25) is 0 Å². The lowest BCUT2D eigenvalue weighted by molar-refractivity contribution is 0.0952. The van der Waals surface area contributed by atoms with E-state index in [0.29, 0.717) is 12.1 Å². The van der Waals surface area contributed by atoms with Crippen LogP contribution in [0.2, 0.25) is 0 Å². The predicted octanol–water partition coefficient (Wildman–Crippen LogP) is 4.16. The van der Waals surface area contributed by atoms with Gasteiger partial charge in [-0.25, -0.2) is 9.07 Å². The zero-order valence-electron chi connectivity index (χ0n) is 16.3. The van der Waals surface area contributed by atoms with Crippen LogP contribution in [0.3, 0.4) is 0 Å². The number of aromatic nitrogens is 2. The average molecular weight is 388 g/mol. The van der Waals surface area contributed by atoms with E-state index in [-0.39, 0.29) is 11.7 Å². The van der Waals surface area contributed by atoms with E-state index in [1.165, 1.54) is 12.1 Å². The van der Waals surface area contributed by atoms with Gasteiger partial charge in [-0.2, -0.15) is 5.10 Å². The summed E-state index contributed by atoms with van der Waals surface area (Å²) in [6.07, 6.45) is 1.67. The summed E-state index contributed by atoms with van der Waals surface area (Å²) in [5, 5.41) is 8.11. The van der Waals surface area contributed by atoms with Crippen molar-refractivity contribution < 1.29 is 9.18 Å². The number of carbonyl (C=O) groups is 1. The summed E-state index contributed by atoms with van der Waals surface area (Å²) in [5.41, 5.74) is 4.22. The third-order valence-corrected chi connectivity index (χ3v) is 4.84. The number of hydrogen-bond acceptors (Lipinski definition) is 3. The molecule has 0 aliphatic rings. The third-order valence-electron chi connectivity index (χ3n) is 4.84. The first-order chi connectivity index (χ1) is 14.0. The quantitative estimate of drug-likeness (QED) is 0.559. The monoisotopic (exact) mass is 388 g/mol. The van der Waals surface area contributed by atoms with E-state index in [1.54, 1.807) is 29.1 Å². The third kappa shape index (κ3) is 3.82. The smallest absolute Gasteiger partial charge is 0.252 e. The van der Waals surface area contributed by atoms with E-state index in [9.17, 15) is 9.18 Å². The highest BCUT2D eigenvalue weighted by molar-refractivity contribution is 6.06. The number of halogens is 1. The first-order valence-corrected chi connectivity index (χ1v) is 9.30. The predicted molar refractivity (Wildman–Crippen MR) is 113 cm³/mol. The van der Waals surface area contributed by atoms with E-state index in [1.807, 2.05) is 55.4 Å². The van der Waals surface area contributed by atoms with Crippen molar-refractivity contribution in [1.82, 2.24) is 15.1 Å². The molecule has 0 aliphatic carbocycles. The maximum atomic E-state index is 13.2. The van der Waals surface area contributed by atoms with Gasteiger partial charge in [0.05, 0.1) is 23.0 Å². The topological polar surface area (TPSA) is 50.2 Å². The summed E-state index contributed by atoms with van der Waals surface area (Å²) in [5.74, 6) is -0.463. The molecular formula is C23H21FN4O. The lowest BCUT2D eigenvalue weighted by Gasteiger charge is -2.13. The molecular weight excluding hydrogens is 367 g/mol. The lowest BCUT2D eigenvalue weighted by atomic mass is 10.1. The highest BCUT2D eigenvalue weighted by Gasteiger charge is 2.14. The fourth-order valence-electron chi connectivity index (χ4n) is 3.23. The lowest BCUT2D eigenvalue weighted by Crippen LogP contribution is -2.23. The first kappa shape index (κ1) is 18.7. The molecule has 1 aromatic heterocycles. The summed E-state index contributed by atoms with van der Waals surface area (Å²) in [6.45, 7) is 0.440. The second-order valence-electron chi connectivity index (χ2n) is 7.01. The van der Waals surface area contributed by atoms with Gasteiger partial charge in [0.15, 0.2) is 0 Å².